The Morgan fingerprint density at radius 2 is 2.12 bits per heavy atom. The summed E-state index contributed by atoms with van der Waals surface area (Å²) in [6.45, 7) is 3.40. The number of nitrogens with one attached hydrogen (secondary N) is 3. The topological polar surface area (TPSA) is 105 Å². The van der Waals surface area contributed by atoms with Crippen molar-refractivity contribution in [3.8, 4) is 5.75 Å². The van der Waals surface area contributed by atoms with Crippen LogP contribution in [0.4, 0.5) is 11.5 Å². The standard InChI is InChI=1S/C16H20N4O4/c1-10-7-14(20-24-10)19-16(22)11(2)18-12-5-4-6-13(8-12)23-9-15(21)17-3/h4-8,11,18H,9H2,1-3H3,(H,17,21)(H,19,20,22)/t11-/m0/s1. The van der Waals surface area contributed by atoms with E-state index in [9.17, 15) is 9.59 Å². The van der Waals surface area contributed by atoms with Gasteiger partial charge in [-0.1, -0.05) is 11.2 Å². The fourth-order valence-electron chi connectivity index (χ4n) is 1.87. The lowest BCUT2D eigenvalue weighted by Crippen LogP contribution is -2.32. The molecule has 1 heterocycles. The van der Waals surface area contributed by atoms with Gasteiger partial charge in [0.1, 0.15) is 17.6 Å². The molecular formula is C16H20N4O4. The fourth-order valence-corrected chi connectivity index (χ4v) is 1.87. The maximum absolute atomic E-state index is 12.1. The lowest BCUT2D eigenvalue weighted by molar-refractivity contribution is -0.122. The summed E-state index contributed by atoms with van der Waals surface area (Å²) in [7, 11) is 1.54. The molecule has 1 aromatic heterocycles. The molecule has 1 aromatic carbocycles. The smallest absolute Gasteiger partial charge is 0.257 e. The third-order valence-electron chi connectivity index (χ3n) is 3.14. The fraction of sp³-hybridized carbons (Fsp3) is 0.312. The lowest BCUT2D eigenvalue weighted by Gasteiger charge is -2.15. The first-order chi connectivity index (χ1) is 11.5. The Morgan fingerprint density at radius 3 is 2.79 bits per heavy atom. The molecule has 0 aliphatic rings. The molecule has 8 heteroatoms. The van der Waals surface area contributed by atoms with Crippen molar-refractivity contribution in [3.05, 3.63) is 36.1 Å². The van der Waals surface area contributed by atoms with E-state index in [2.05, 4.69) is 21.1 Å². The largest absolute Gasteiger partial charge is 0.484 e. The maximum Gasteiger partial charge on any atom is 0.257 e. The summed E-state index contributed by atoms with van der Waals surface area (Å²) in [5, 5.41) is 11.9. The Hall–Kier alpha value is -3.03. The van der Waals surface area contributed by atoms with Crippen molar-refractivity contribution in [2.24, 2.45) is 0 Å². The normalized spacial score (nSPS) is 11.5. The molecule has 0 saturated heterocycles. The van der Waals surface area contributed by atoms with Gasteiger partial charge in [0.15, 0.2) is 12.4 Å². The molecule has 3 N–H and O–H groups in total. The zero-order chi connectivity index (χ0) is 17.5. The highest BCUT2D eigenvalue weighted by molar-refractivity contribution is 5.95. The van der Waals surface area contributed by atoms with Gasteiger partial charge in [0.05, 0.1) is 0 Å². The first kappa shape index (κ1) is 17.3. The van der Waals surface area contributed by atoms with Gasteiger partial charge in [-0.2, -0.15) is 0 Å². The quantitative estimate of drug-likeness (QED) is 0.710. The average molecular weight is 332 g/mol. The van der Waals surface area contributed by atoms with Crippen molar-refractivity contribution in [2.45, 2.75) is 19.9 Å². The van der Waals surface area contributed by atoms with Crippen LogP contribution in [0.1, 0.15) is 12.7 Å². The van der Waals surface area contributed by atoms with Crippen LogP contribution in [0.15, 0.2) is 34.9 Å². The molecule has 0 unspecified atom stereocenters. The summed E-state index contributed by atoms with van der Waals surface area (Å²) in [4.78, 5) is 23.3. The molecule has 0 radical (unpaired) electrons. The van der Waals surface area contributed by atoms with Gasteiger partial charge in [-0.3, -0.25) is 9.59 Å². The first-order valence-electron chi connectivity index (χ1n) is 7.42. The summed E-state index contributed by atoms with van der Waals surface area (Å²) in [5.74, 6) is 1.05. The van der Waals surface area contributed by atoms with E-state index in [0.29, 0.717) is 23.0 Å². The van der Waals surface area contributed by atoms with Crippen molar-refractivity contribution in [1.29, 1.82) is 0 Å². The van der Waals surface area contributed by atoms with E-state index >= 15 is 0 Å². The molecule has 8 nitrogen and oxygen atoms in total. The molecule has 0 fully saturated rings. The Bertz CT molecular complexity index is 714. The minimum Gasteiger partial charge on any atom is -0.484 e. The Morgan fingerprint density at radius 1 is 1.33 bits per heavy atom. The molecular weight excluding hydrogens is 312 g/mol. The van der Waals surface area contributed by atoms with E-state index in [4.69, 9.17) is 9.26 Å². The van der Waals surface area contributed by atoms with E-state index < -0.39 is 6.04 Å². The Labute approximate surface area is 139 Å². The molecule has 0 aliphatic carbocycles. The van der Waals surface area contributed by atoms with Crippen LogP contribution in [0.3, 0.4) is 0 Å². The predicted molar refractivity (Wildman–Crippen MR) is 89.0 cm³/mol. The number of aryl methyl sites for hydroxylation is 1. The van der Waals surface area contributed by atoms with E-state index in [1.165, 1.54) is 0 Å². The summed E-state index contributed by atoms with van der Waals surface area (Å²) < 4.78 is 10.3. The molecule has 2 rings (SSSR count). The van der Waals surface area contributed by atoms with Crippen LogP contribution in [-0.2, 0) is 9.59 Å². The van der Waals surface area contributed by atoms with Gasteiger partial charge in [0.25, 0.3) is 5.91 Å². The Kier molecular flexibility index (Phi) is 5.78. The number of likely N-dealkylation sites (N-methyl/N-ethyl adjacent to an activating group) is 1. The van der Waals surface area contributed by atoms with Crippen LogP contribution in [0, 0.1) is 6.92 Å². The number of aromatic nitrogens is 1. The second-order valence-corrected chi connectivity index (χ2v) is 5.17. The van der Waals surface area contributed by atoms with Crippen molar-refractivity contribution in [1.82, 2.24) is 10.5 Å². The predicted octanol–water partition coefficient (Wildman–Crippen LogP) is 1.55. The van der Waals surface area contributed by atoms with Crippen molar-refractivity contribution in [3.63, 3.8) is 0 Å². The SMILES string of the molecule is CNC(=O)COc1cccc(N[C@@H](C)C(=O)Nc2cc(C)on2)c1. The van der Waals surface area contributed by atoms with E-state index in [0.717, 1.165) is 0 Å². The molecule has 0 aliphatic heterocycles. The average Bonchev–Trinajstić information content (AvgIpc) is 2.97. The maximum atomic E-state index is 12.1. The number of carbonyl (C=O) groups is 2. The van der Waals surface area contributed by atoms with Crippen LogP contribution in [0.25, 0.3) is 0 Å². The zero-order valence-electron chi connectivity index (χ0n) is 13.8. The lowest BCUT2D eigenvalue weighted by atomic mass is 10.2. The van der Waals surface area contributed by atoms with E-state index in [1.807, 2.05) is 0 Å². The van der Waals surface area contributed by atoms with E-state index in [-0.39, 0.29) is 18.4 Å². The van der Waals surface area contributed by atoms with Crippen molar-refractivity contribution >= 4 is 23.3 Å². The third kappa shape index (κ3) is 5.01. The number of hydrogen-bond donors (Lipinski definition) is 3. The minimum atomic E-state index is -0.504. The third-order valence-corrected chi connectivity index (χ3v) is 3.14. The molecule has 128 valence electrons. The summed E-state index contributed by atoms with van der Waals surface area (Å²) in [6.07, 6.45) is 0. The summed E-state index contributed by atoms with van der Waals surface area (Å²) >= 11 is 0. The first-order valence-corrected chi connectivity index (χ1v) is 7.42. The van der Waals surface area contributed by atoms with Gasteiger partial charge in [0.2, 0.25) is 5.91 Å². The highest BCUT2D eigenvalue weighted by Gasteiger charge is 2.14. The van der Waals surface area contributed by atoms with Gasteiger partial charge < -0.3 is 25.2 Å². The highest BCUT2D eigenvalue weighted by Crippen LogP contribution is 2.18. The number of rotatable bonds is 7. The number of nitrogens with zero attached hydrogens (tertiary/aromatic N) is 1. The molecule has 0 bridgehead atoms. The molecule has 1 atom stereocenters. The Balaban J connectivity index is 1.91. The number of amides is 2. The van der Waals surface area contributed by atoms with Crippen molar-refractivity contribution in [2.75, 3.05) is 24.3 Å². The number of anilines is 2. The van der Waals surface area contributed by atoms with Gasteiger partial charge in [-0.25, -0.2) is 0 Å². The number of carbonyl (C=O) groups excluding carboxylic acids is 2. The second kappa shape index (κ2) is 8.00. The van der Waals surface area contributed by atoms with Gasteiger partial charge in [-0.15, -0.1) is 0 Å². The minimum absolute atomic E-state index is 0.0680. The van der Waals surface area contributed by atoms with Gasteiger partial charge in [-0.05, 0) is 26.0 Å². The monoisotopic (exact) mass is 332 g/mol. The van der Waals surface area contributed by atoms with Gasteiger partial charge >= 0.3 is 0 Å². The molecule has 0 spiro atoms. The van der Waals surface area contributed by atoms with Gasteiger partial charge in [0, 0.05) is 24.9 Å². The highest BCUT2D eigenvalue weighted by atomic mass is 16.5. The van der Waals surface area contributed by atoms with Crippen LogP contribution < -0.4 is 20.7 Å². The zero-order valence-corrected chi connectivity index (χ0v) is 13.8. The molecule has 2 amide bonds. The number of hydrogen-bond acceptors (Lipinski definition) is 6. The number of ether oxygens (including phenoxy) is 1. The summed E-state index contributed by atoms with van der Waals surface area (Å²) in [5.41, 5.74) is 0.698. The summed E-state index contributed by atoms with van der Waals surface area (Å²) in [6, 6.07) is 8.15. The van der Waals surface area contributed by atoms with Crippen LogP contribution in [-0.4, -0.2) is 36.7 Å². The number of benzene rings is 1. The second-order valence-electron chi connectivity index (χ2n) is 5.17. The molecule has 24 heavy (non-hydrogen) atoms. The van der Waals surface area contributed by atoms with Crippen LogP contribution in [0.5, 0.6) is 5.75 Å². The van der Waals surface area contributed by atoms with Crippen LogP contribution >= 0.6 is 0 Å². The molecule has 0 saturated carbocycles. The van der Waals surface area contributed by atoms with Crippen molar-refractivity contribution < 1.29 is 18.8 Å². The van der Waals surface area contributed by atoms with Crippen LogP contribution in [0.2, 0.25) is 0 Å². The van der Waals surface area contributed by atoms with E-state index in [1.54, 1.807) is 51.2 Å². The molecule has 2 aromatic rings.